The zero-order chi connectivity index (χ0) is 9.68. The summed E-state index contributed by atoms with van der Waals surface area (Å²) in [4.78, 5) is 11.1. The van der Waals surface area contributed by atoms with Crippen molar-refractivity contribution < 1.29 is 18.6 Å². The summed E-state index contributed by atoms with van der Waals surface area (Å²) in [6, 6.07) is 0. The van der Waals surface area contributed by atoms with Gasteiger partial charge >= 0.3 is 6.09 Å². The first-order valence-corrected chi connectivity index (χ1v) is 5.42. The fourth-order valence-electron chi connectivity index (χ4n) is 0.931. The molecule has 13 heavy (non-hydrogen) atoms. The van der Waals surface area contributed by atoms with Gasteiger partial charge < -0.3 is 13.8 Å². The molecule has 76 valence electrons. The van der Waals surface area contributed by atoms with E-state index in [0.29, 0.717) is 26.4 Å². The van der Waals surface area contributed by atoms with Crippen LogP contribution in [0.3, 0.4) is 0 Å². The van der Waals surface area contributed by atoms with E-state index in [1.165, 1.54) is 4.67 Å². The summed E-state index contributed by atoms with van der Waals surface area (Å²) in [7, 11) is -1.24. The SMILES string of the molecule is CCOP(OCC)N1CCOC1=O. The van der Waals surface area contributed by atoms with Gasteiger partial charge in [0.2, 0.25) is 0 Å². The summed E-state index contributed by atoms with van der Waals surface area (Å²) in [6.45, 7) is 5.80. The Morgan fingerprint density at radius 3 is 2.46 bits per heavy atom. The van der Waals surface area contributed by atoms with Gasteiger partial charge in [-0.2, -0.15) is 0 Å². The molecule has 1 aliphatic heterocycles. The molecule has 0 radical (unpaired) electrons. The highest BCUT2D eigenvalue weighted by atomic mass is 31.2. The molecule has 0 atom stereocenters. The van der Waals surface area contributed by atoms with E-state index in [1.807, 2.05) is 13.8 Å². The van der Waals surface area contributed by atoms with Gasteiger partial charge in [0.25, 0.3) is 8.53 Å². The van der Waals surface area contributed by atoms with Gasteiger partial charge in [0.15, 0.2) is 0 Å². The molecule has 1 amide bonds. The minimum absolute atomic E-state index is 0.340. The molecule has 1 saturated heterocycles. The third-order valence-electron chi connectivity index (χ3n) is 1.42. The number of ether oxygens (including phenoxy) is 1. The van der Waals surface area contributed by atoms with Crippen LogP contribution < -0.4 is 0 Å². The van der Waals surface area contributed by atoms with Gasteiger partial charge in [0, 0.05) is 0 Å². The van der Waals surface area contributed by atoms with Gasteiger partial charge in [0.05, 0.1) is 19.8 Å². The smallest absolute Gasteiger partial charge is 0.416 e. The number of hydrogen-bond donors (Lipinski definition) is 0. The molecule has 5 nitrogen and oxygen atoms in total. The van der Waals surface area contributed by atoms with Crippen molar-refractivity contribution in [1.82, 2.24) is 4.67 Å². The Balaban J connectivity index is 2.47. The lowest BCUT2D eigenvalue weighted by Crippen LogP contribution is -2.20. The molecule has 0 aromatic heterocycles. The van der Waals surface area contributed by atoms with E-state index in [4.69, 9.17) is 13.8 Å². The van der Waals surface area contributed by atoms with Crippen LogP contribution in [0.4, 0.5) is 4.79 Å². The fraction of sp³-hybridized carbons (Fsp3) is 0.857. The number of cyclic esters (lactones) is 1. The van der Waals surface area contributed by atoms with E-state index in [1.54, 1.807) is 0 Å². The molecule has 0 saturated carbocycles. The van der Waals surface area contributed by atoms with E-state index in [0.717, 1.165) is 0 Å². The predicted octanol–water partition coefficient (Wildman–Crippen LogP) is 1.74. The predicted molar refractivity (Wildman–Crippen MR) is 48.2 cm³/mol. The Bertz CT molecular complexity index is 172. The average molecular weight is 207 g/mol. The fourth-order valence-corrected chi connectivity index (χ4v) is 2.16. The maximum Gasteiger partial charge on any atom is 0.416 e. The number of carbonyl (C=O) groups is 1. The maximum atomic E-state index is 11.1. The number of nitrogens with zero attached hydrogens (tertiary/aromatic N) is 1. The van der Waals surface area contributed by atoms with Gasteiger partial charge in [-0.1, -0.05) is 0 Å². The molecule has 1 rings (SSSR count). The van der Waals surface area contributed by atoms with Crippen molar-refractivity contribution in [3.05, 3.63) is 0 Å². The van der Waals surface area contributed by atoms with Gasteiger partial charge in [-0.3, -0.25) is 0 Å². The first-order chi connectivity index (χ1) is 6.29. The van der Waals surface area contributed by atoms with E-state index in [9.17, 15) is 4.79 Å². The van der Waals surface area contributed by atoms with Crippen molar-refractivity contribution in [2.45, 2.75) is 13.8 Å². The molecule has 1 aliphatic rings. The number of hydrogen-bond acceptors (Lipinski definition) is 4. The number of amides is 1. The van der Waals surface area contributed by atoms with Gasteiger partial charge in [-0.15, -0.1) is 0 Å². The lowest BCUT2D eigenvalue weighted by Gasteiger charge is -2.21. The van der Waals surface area contributed by atoms with Crippen LogP contribution in [0.5, 0.6) is 0 Å². The molecule has 0 bridgehead atoms. The van der Waals surface area contributed by atoms with Gasteiger partial charge in [-0.25, -0.2) is 9.46 Å². The molecule has 0 N–H and O–H groups in total. The summed E-state index contributed by atoms with van der Waals surface area (Å²) < 4.78 is 16.9. The molecule has 0 aromatic carbocycles. The second-order valence-corrected chi connectivity index (χ2v) is 3.79. The summed E-state index contributed by atoms with van der Waals surface area (Å²) in [5.74, 6) is 0. The lowest BCUT2D eigenvalue weighted by atomic mass is 10.7. The first kappa shape index (κ1) is 10.7. The van der Waals surface area contributed by atoms with Crippen LogP contribution in [0.15, 0.2) is 0 Å². The third-order valence-corrected chi connectivity index (χ3v) is 3.13. The normalized spacial score (nSPS) is 16.8. The molecular formula is C7H14NO4P. The molecule has 1 heterocycles. The molecule has 0 aromatic rings. The first-order valence-electron chi connectivity index (χ1n) is 4.29. The molecular weight excluding hydrogens is 193 g/mol. The summed E-state index contributed by atoms with van der Waals surface area (Å²) >= 11 is 0. The van der Waals surface area contributed by atoms with Crippen molar-refractivity contribution >= 4 is 14.6 Å². The van der Waals surface area contributed by atoms with E-state index in [2.05, 4.69) is 0 Å². The summed E-state index contributed by atoms with van der Waals surface area (Å²) in [6.07, 6.45) is -0.340. The quantitative estimate of drug-likeness (QED) is 0.644. The number of carbonyl (C=O) groups excluding carboxylic acids is 1. The zero-order valence-corrected chi connectivity index (χ0v) is 8.75. The number of rotatable bonds is 5. The third kappa shape index (κ3) is 2.79. The topological polar surface area (TPSA) is 48.0 Å². The second kappa shape index (κ2) is 5.37. The Kier molecular flexibility index (Phi) is 4.42. The van der Waals surface area contributed by atoms with E-state index >= 15 is 0 Å². The minimum Gasteiger partial charge on any atom is -0.447 e. The average Bonchev–Trinajstić information content (AvgIpc) is 2.51. The Morgan fingerprint density at radius 1 is 1.46 bits per heavy atom. The Labute approximate surface area is 78.9 Å². The largest absolute Gasteiger partial charge is 0.447 e. The Morgan fingerprint density at radius 2 is 2.08 bits per heavy atom. The van der Waals surface area contributed by atoms with Crippen molar-refractivity contribution in [2.75, 3.05) is 26.4 Å². The highest BCUT2D eigenvalue weighted by molar-refractivity contribution is 7.45. The van der Waals surface area contributed by atoms with Crippen molar-refractivity contribution in [2.24, 2.45) is 0 Å². The lowest BCUT2D eigenvalue weighted by molar-refractivity contribution is 0.162. The van der Waals surface area contributed by atoms with E-state index in [-0.39, 0.29) is 6.09 Å². The van der Waals surface area contributed by atoms with Crippen molar-refractivity contribution in [3.8, 4) is 0 Å². The molecule has 6 heteroatoms. The molecule has 0 unspecified atom stereocenters. The molecule has 1 fully saturated rings. The van der Waals surface area contributed by atoms with Crippen LogP contribution in [0.1, 0.15) is 13.8 Å². The molecule has 0 aliphatic carbocycles. The second-order valence-electron chi connectivity index (χ2n) is 2.31. The van der Waals surface area contributed by atoms with Crippen molar-refractivity contribution in [3.63, 3.8) is 0 Å². The van der Waals surface area contributed by atoms with Crippen LogP contribution in [-0.2, 0) is 13.8 Å². The monoisotopic (exact) mass is 207 g/mol. The molecule has 0 spiro atoms. The van der Waals surface area contributed by atoms with E-state index < -0.39 is 8.53 Å². The highest BCUT2D eigenvalue weighted by Gasteiger charge is 2.32. The Hall–Kier alpha value is -0.380. The van der Waals surface area contributed by atoms with Crippen LogP contribution in [0.25, 0.3) is 0 Å². The highest BCUT2D eigenvalue weighted by Crippen LogP contribution is 2.44. The standard InChI is InChI=1S/C7H14NO4P/c1-3-11-13(12-4-2)8-5-6-10-7(8)9/h3-6H2,1-2H3. The van der Waals surface area contributed by atoms with Gasteiger partial charge in [0.1, 0.15) is 6.61 Å². The van der Waals surface area contributed by atoms with Crippen LogP contribution in [0.2, 0.25) is 0 Å². The van der Waals surface area contributed by atoms with Crippen LogP contribution >= 0.6 is 8.53 Å². The summed E-state index contributed by atoms with van der Waals surface area (Å²) in [5.41, 5.74) is 0. The maximum absolute atomic E-state index is 11.1. The van der Waals surface area contributed by atoms with Crippen molar-refractivity contribution in [1.29, 1.82) is 0 Å². The van der Waals surface area contributed by atoms with Crippen LogP contribution in [-0.4, -0.2) is 37.1 Å². The zero-order valence-electron chi connectivity index (χ0n) is 7.86. The van der Waals surface area contributed by atoms with Gasteiger partial charge in [-0.05, 0) is 13.8 Å². The van der Waals surface area contributed by atoms with Crippen LogP contribution in [0, 0.1) is 0 Å². The summed E-state index contributed by atoms with van der Waals surface area (Å²) in [5, 5.41) is 0. The minimum atomic E-state index is -1.24.